The van der Waals surface area contributed by atoms with Crippen molar-refractivity contribution < 1.29 is 14.3 Å². The van der Waals surface area contributed by atoms with Gasteiger partial charge in [-0.05, 0) is 26.0 Å². The van der Waals surface area contributed by atoms with Gasteiger partial charge in [-0.25, -0.2) is 0 Å². The van der Waals surface area contributed by atoms with Crippen molar-refractivity contribution in [1.29, 1.82) is 0 Å². The lowest BCUT2D eigenvalue weighted by molar-refractivity contribution is -0.142. The van der Waals surface area contributed by atoms with E-state index in [2.05, 4.69) is 0 Å². The zero-order chi connectivity index (χ0) is 13.0. The highest BCUT2D eigenvalue weighted by Crippen LogP contribution is 2.14. The molecule has 0 aliphatic carbocycles. The van der Waals surface area contributed by atoms with Crippen LogP contribution in [0.2, 0.25) is 0 Å². The zero-order valence-corrected chi connectivity index (χ0v) is 10.9. The number of hydrogen-bond donors (Lipinski definition) is 0. The third kappa shape index (κ3) is 3.23. The molecule has 1 fully saturated rings. The first-order valence-corrected chi connectivity index (χ1v) is 6.26. The van der Waals surface area contributed by atoms with Gasteiger partial charge in [0.25, 0.3) is 5.91 Å². The van der Waals surface area contributed by atoms with Crippen molar-refractivity contribution in [2.45, 2.75) is 20.0 Å². The second-order valence-electron chi connectivity index (χ2n) is 4.51. The quantitative estimate of drug-likeness (QED) is 0.817. The van der Waals surface area contributed by atoms with E-state index in [0.29, 0.717) is 26.3 Å². The maximum absolute atomic E-state index is 12.1. The number of morpholine rings is 1. The molecule has 0 bridgehead atoms. The highest BCUT2D eigenvalue weighted by molar-refractivity contribution is 5.81. The maximum atomic E-state index is 12.1. The average molecular weight is 249 g/mol. The lowest BCUT2D eigenvalue weighted by Gasteiger charge is -2.29. The summed E-state index contributed by atoms with van der Waals surface area (Å²) >= 11 is 0. The number of amides is 1. The Balaban J connectivity index is 1.92. The van der Waals surface area contributed by atoms with Crippen LogP contribution >= 0.6 is 0 Å². The van der Waals surface area contributed by atoms with Gasteiger partial charge in [0, 0.05) is 13.1 Å². The largest absolute Gasteiger partial charge is 0.481 e. The van der Waals surface area contributed by atoms with E-state index in [1.165, 1.54) is 5.56 Å². The van der Waals surface area contributed by atoms with Crippen LogP contribution in [0.1, 0.15) is 12.5 Å². The summed E-state index contributed by atoms with van der Waals surface area (Å²) in [5, 5.41) is 0. The van der Waals surface area contributed by atoms with Crippen LogP contribution in [0, 0.1) is 6.92 Å². The average Bonchev–Trinajstić information content (AvgIpc) is 2.41. The third-order valence-electron chi connectivity index (χ3n) is 3.00. The summed E-state index contributed by atoms with van der Waals surface area (Å²) in [7, 11) is 0. The molecule has 2 rings (SSSR count). The van der Waals surface area contributed by atoms with E-state index in [9.17, 15) is 4.79 Å². The van der Waals surface area contributed by atoms with Crippen molar-refractivity contribution in [2.75, 3.05) is 26.3 Å². The summed E-state index contributed by atoms with van der Waals surface area (Å²) in [6.45, 7) is 6.34. The van der Waals surface area contributed by atoms with Crippen LogP contribution in [0.3, 0.4) is 0 Å². The summed E-state index contributed by atoms with van der Waals surface area (Å²) in [4.78, 5) is 13.9. The highest BCUT2D eigenvalue weighted by Gasteiger charge is 2.23. The van der Waals surface area contributed by atoms with E-state index >= 15 is 0 Å². The molecule has 4 heteroatoms. The number of aryl methyl sites for hydroxylation is 1. The summed E-state index contributed by atoms with van der Waals surface area (Å²) in [5.41, 5.74) is 1.18. The van der Waals surface area contributed by atoms with Gasteiger partial charge in [-0.2, -0.15) is 0 Å². The van der Waals surface area contributed by atoms with Gasteiger partial charge >= 0.3 is 0 Å². The molecule has 0 unspecified atom stereocenters. The minimum atomic E-state index is -0.453. The van der Waals surface area contributed by atoms with Crippen LogP contribution in [0.15, 0.2) is 24.3 Å². The van der Waals surface area contributed by atoms with Crippen molar-refractivity contribution in [3.63, 3.8) is 0 Å². The molecule has 1 amide bonds. The molecule has 0 aromatic heterocycles. The maximum Gasteiger partial charge on any atom is 0.263 e. The van der Waals surface area contributed by atoms with Gasteiger partial charge < -0.3 is 14.4 Å². The molecule has 1 aromatic carbocycles. The third-order valence-corrected chi connectivity index (χ3v) is 3.00. The topological polar surface area (TPSA) is 38.8 Å². The monoisotopic (exact) mass is 249 g/mol. The SMILES string of the molecule is Cc1ccc(O[C@H](C)C(=O)N2CCOCC2)cc1. The van der Waals surface area contributed by atoms with Crippen LogP contribution < -0.4 is 4.74 Å². The number of rotatable bonds is 3. The van der Waals surface area contributed by atoms with E-state index < -0.39 is 6.10 Å². The van der Waals surface area contributed by atoms with Crippen molar-refractivity contribution in [3.8, 4) is 5.75 Å². The van der Waals surface area contributed by atoms with Gasteiger partial charge in [-0.1, -0.05) is 17.7 Å². The molecular weight excluding hydrogens is 230 g/mol. The fourth-order valence-electron chi connectivity index (χ4n) is 1.91. The van der Waals surface area contributed by atoms with E-state index in [-0.39, 0.29) is 5.91 Å². The predicted molar refractivity (Wildman–Crippen MR) is 68.7 cm³/mol. The molecule has 0 spiro atoms. The zero-order valence-electron chi connectivity index (χ0n) is 10.9. The second kappa shape index (κ2) is 5.87. The Bertz CT molecular complexity index is 396. The van der Waals surface area contributed by atoms with Crippen LogP contribution in [-0.4, -0.2) is 43.2 Å². The minimum absolute atomic E-state index is 0.0267. The molecule has 0 N–H and O–H groups in total. The van der Waals surface area contributed by atoms with E-state index in [0.717, 1.165) is 5.75 Å². The fraction of sp³-hybridized carbons (Fsp3) is 0.500. The molecule has 1 aliphatic rings. The molecule has 4 nitrogen and oxygen atoms in total. The first-order valence-electron chi connectivity index (χ1n) is 6.26. The molecule has 1 saturated heterocycles. The highest BCUT2D eigenvalue weighted by atomic mass is 16.5. The number of hydrogen-bond acceptors (Lipinski definition) is 3. The second-order valence-corrected chi connectivity index (χ2v) is 4.51. The molecular formula is C14H19NO3. The van der Waals surface area contributed by atoms with Gasteiger partial charge in [0.05, 0.1) is 13.2 Å². The Morgan fingerprint density at radius 2 is 1.89 bits per heavy atom. The molecule has 1 heterocycles. The van der Waals surface area contributed by atoms with Crippen LogP contribution in [0.25, 0.3) is 0 Å². The number of carbonyl (C=O) groups excluding carboxylic acids is 1. The van der Waals surface area contributed by atoms with Crippen molar-refractivity contribution in [2.24, 2.45) is 0 Å². The lowest BCUT2D eigenvalue weighted by atomic mass is 10.2. The molecule has 1 atom stereocenters. The smallest absolute Gasteiger partial charge is 0.263 e. The fourth-order valence-corrected chi connectivity index (χ4v) is 1.91. The lowest BCUT2D eigenvalue weighted by Crippen LogP contribution is -2.46. The molecule has 98 valence electrons. The van der Waals surface area contributed by atoms with E-state index in [4.69, 9.17) is 9.47 Å². The van der Waals surface area contributed by atoms with Gasteiger partial charge in [-0.15, -0.1) is 0 Å². The number of benzene rings is 1. The minimum Gasteiger partial charge on any atom is -0.481 e. The normalized spacial score (nSPS) is 17.3. The summed E-state index contributed by atoms with van der Waals surface area (Å²) in [6, 6.07) is 7.72. The van der Waals surface area contributed by atoms with Gasteiger partial charge in [-0.3, -0.25) is 4.79 Å². The van der Waals surface area contributed by atoms with Crippen molar-refractivity contribution >= 4 is 5.91 Å². The Labute approximate surface area is 107 Å². The molecule has 1 aromatic rings. The van der Waals surface area contributed by atoms with E-state index in [1.807, 2.05) is 31.2 Å². The standard InChI is InChI=1S/C14H19NO3/c1-11-3-5-13(6-4-11)18-12(2)14(16)15-7-9-17-10-8-15/h3-6,12H,7-10H2,1-2H3/t12-/m1/s1. The van der Waals surface area contributed by atoms with Crippen LogP contribution in [0.5, 0.6) is 5.75 Å². The number of ether oxygens (including phenoxy) is 2. The molecule has 0 radical (unpaired) electrons. The predicted octanol–water partition coefficient (Wildman–Crippen LogP) is 1.62. The first kappa shape index (κ1) is 12.9. The van der Waals surface area contributed by atoms with Gasteiger partial charge in [0.2, 0.25) is 0 Å². The molecule has 0 saturated carbocycles. The molecule has 18 heavy (non-hydrogen) atoms. The van der Waals surface area contributed by atoms with E-state index in [1.54, 1.807) is 11.8 Å². The summed E-state index contributed by atoms with van der Waals surface area (Å²) < 4.78 is 10.9. The van der Waals surface area contributed by atoms with Gasteiger partial charge in [0.15, 0.2) is 6.10 Å². The Morgan fingerprint density at radius 1 is 1.28 bits per heavy atom. The number of nitrogens with zero attached hydrogens (tertiary/aromatic N) is 1. The van der Waals surface area contributed by atoms with Crippen LogP contribution in [0.4, 0.5) is 0 Å². The Morgan fingerprint density at radius 3 is 2.50 bits per heavy atom. The van der Waals surface area contributed by atoms with Gasteiger partial charge in [0.1, 0.15) is 5.75 Å². The van der Waals surface area contributed by atoms with Crippen molar-refractivity contribution in [3.05, 3.63) is 29.8 Å². The van der Waals surface area contributed by atoms with Crippen LogP contribution in [-0.2, 0) is 9.53 Å². The summed E-state index contributed by atoms with van der Waals surface area (Å²) in [6.07, 6.45) is -0.453. The summed E-state index contributed by atoms with van der Waals surface area (Å²) in [5.74, 6) is 0.758. The molecule has 1 aliphatic heterocycles. The number of carbonyl (C=O) groups is 1. The Hall–Kier alpha value is -1.55. The van der Waals surface area contributed by atoms with Crippen molar-refractivity contribution in [1.82, 2.24) is 4.90 Å². The first-order chi connectivity index (χ1) is 8.66. The Kier molecular flexibility index (Phi) is 4.20.